The number of piperidine rings is 1. The Balaban J connectivity index is 1.75. The Morgan fingerprint density at radius 2 is 2.35 bits per heavy atom. The van der Waals surface area contributed by atoms with Gasteiger partial charge in [0.15, 0.2) is 0 Å². The number of carbonyl (C=O) groups is 1. The van der Waals surface area contributed by atoms with Crippen LogP contribution in [0.5, 0.6) is 0 Å². The Morgan fingerprint density at radius 3 is 3.09 bits per heavy atom. The van der Waals surface area contributed by atoms with E-state index >= 15 is 0 Å². The third kappa shape index (κ3) is 3.75. The van der Waals surface area contributed by atoms with Crippen LogP contribution in [0.15, 0.2) is 33.9 Å². The molecule has 1 fully saturated rings. The summed E-state index contributed by atoms with van der Waals surface area (Å²) in [5, 5.41) is 4.75. The molecule has 3 rings (SSSR count). The Kier molecular flexibility index (Phi) is 5.00. The third-order valence-electron chi connectivity index (χ3n) is 4.10. The number of hydrogen-bond acceptors (Lipinski definition) is 5. The van der Waals surface area contributed by atoms with Gasteiger partial charge in [-0.3, -0.25) is 4.79 Å². The van der Waals surface area contributed by atoms with Crippen molar-refractivity contribution in [3.8, 4) is 0 Å². The molecule has 2 aromatic heterocycles. The molecule has 5 nitrogen and oxygen atoms in total. The zero-order valence-electron chi connectivity index (χ0n) is 13.5. The van der Waals surface area contributed by atoms with Crippen LogP contribution in [0.25, 0.3) is 0 Å². The molecule has 1 amide bonds. The lowest BCUT2D eigenvalue weighted by Gasteiger charge is -2.33. The second kappa shape index (κ2) is 7.17. The van der Waals surface area contributed by atoms with Gasteiger partial charge in [0.25, 0.3) is 5.91 Å². The lowest BCUT2D eigenvalue weighted by molar-refractivity contribution is 0.0631. The molecule has 0 saturated carbocycles. The van der Waals surface area contributed by atoms with Gasteiger partial charge in [-0.2, -0.15) is 0 Å². The lowest BCUT2D eigenvalue weighted by atomic mass is 10.0. The molecule has 122 valence electrons. The quantitative estimate of drug-likeness (QED) is 0.800. The monoisotopic (exact) mass is 331 g/mol. The van der Waals surface area contributed by atoms with Crippen molar-refractivity contribution in [3.63, 3.8) is 0 Å². The van der Waals surface area contributed by atoms with Crippen LogP contribution in [0.1, 0.15) is 48.0 Å². The van der Waals surface area contributed by atoms with E-state index in [-0.39, 0.29) is 5.91 Å². The van der Waals surface area contributed by atoms with Crippen molar-refractivity contribution >= 4 is 17.7 Å². The molecule has 23 heavy (non-hydrogen) atoms. The van der Waals surface area contributed by atoms with Gasteiger partial charge in [-0.15, -0.1) is 0 Å². The van der Waals surface area contributed by atoms with E-state index in [4.69, 9.17) is 4.52 Å². The summed E-state index contributed by atoms with van der Waals surface area (Å²) in [7, 11) is 0. The van der Waals surface area contributed by atoms with Gasteiger partial charge < -0.3 is 9.42 Å². The highest BCUT2D eigenvalue weighted by molar-refractivity contribution is 7.98. The van der Waals surface area contributed by atoms with Gasteiger partial charge in [-0.1, -0.05) is 16.9 Å². The molecule has 6 heteroatoms. The fourth-order valence-electron chi connectivity index (χ4n) is 2.85. The fraction of sp³-hybridized carbons (Fsp3) is 0.471. The molecule has 0 radical (unpaired) electrons. The largest absolute Gasteiger partial charge is 0.361 e. The summed E-state index contributed by atoms with van der Waals surface area (Å²) in [5.41, 5.74) is 1.55. The first kappa shape index (κ1) is 16.1. The highest BCUT2D eigenvalue weighted by Gasteiger charge is 2.26. The van der Waals surface area contributed by atoms with Crippen LogP contribution in [0.2, 0.25) is 0 Å². The molecule has 1 saturated heterocycles. The lowest BCUT2D eigenvalue weighted by Crippen LogP contribution is -2.42. The molecule has 1 aliphatic rings. The summed E-state index contributed by atoms with van der Waals surface area (Å²) in [6.07, 6.45) is 5.08. The van der Waals surface area contributed by atoms with Gasteiger partial charge in [0, 0.05) is 30.6 Å². The van der Waals surface area contributed by atoms with Crippen molar-refractivity contribution in [2.24, 2.45) is 0 Å². The number of hydrogen-bond donors (Lipinski definition) is 0. The van der Waals surface area contributed by atoms with Gasteiger partial charge in [-0.25, -0.2) is 4.98 Å². The predicted molar refractivity (Wildman–Crippen MR) is 89.4 cm³/mol. The highest BCUT2D eigenvalue weighted by Crippen LogP contribution is 2.27. The standard InChI is InChI=1S/C17H21N3O2S/c1-12-6-3-4-9-20(12)17(21)15-7-5-8-18-16(15)23-11-14-10-13(2)22-19-14/h5,7-8,10,12H,3-4,6,9,11H2,1-2H3. The van der Waals surface area contributed by atoms with Crippen molar-refractivity contribution in [2.75, 3.05) is 6.54 Å². The second-order valence-electron chi connectivity index (χ2n) is 5.92. The van der Waals surface area contributed by atoms with Crippen LogP contribution < -0.4 is 0 Å². The molecule has 0 spiro atoms. The van der Waals surface area contributed by atoms with E-state index in [1.54, 1.807) is 6.20 Å². The number of nitrogens with zero attached hydrogens (tertiary/aromatic N) is 3. The van der Waals surface area contributed by atoms with Crippen molar-refractivity contribution in [3.05, 3.63) is 41.4 Å². The third-order valence-corrected chi connectivity index (χ3v) is 5.14. The van der Waals surface area contributed by atoms with E-state index < -0.39 is 0 Å². The average Bonchev–Trinajstić information content (AvgIpc) is 2.98. The Bertz CT molecular complexity index is 686. The first-order valence-electron chi connectivity index (χ1n) is 7.96. The summed E-state index contributed by atoms with van der Waals surface area (Å²) in [6.45, 7) is 4.83. The van der Waals surface area contributed by atoms with E-state index in [1.807, 2.05) is 30.0 Å². The number of aromatic nitrogens is 2. The summed E-state index contributed by atoms with van der Waals surface area (Å²) in [6, 6.07) is 5.90. The molecule has 0 N–H and O–H groups in total. The Labute approximate surface area is 140 Å². The van der Waals surface area contributed by atoms with Crippen LogP contribution in [-0.4, -0.2) is 33.5 Å². The summed E-state index contributed by atoms with van der Waals surface area (Å²) >= 11 is 1.53. The topological polar surface area (TPSA) is 59.2 Å². The van der Waals surface area contributed by atoms with Crippen LogP contribution in [-0.2, 0) is 5.75 Å². The van der Waals surface area contributed by atoms with E-state index in [0.29, 0.717) is 17.4 Å². The van der Waals surface area contributed by atoms with Crippen molar-refractivity contribution in [1.82, 2.24) is 15.0 Å². The van der Waals surface area contributed by atoms with Crippen molar-refractivity contribution < 1.29 is 9.32 Å². The van der Waals surface area contributed by atoms with Crippen molar-refractivity contribution in [1.29, 1.82) is 0 Å². The van der Waals surface area contributed by atoms with Gasteiger partial charge in [0.2, 0.25) is 0 Å². The van der Waals surface area contributed by atoms with Gasteiger partial charge in [0.05, 0.1) is 11.3 Å². The number of amides is 1. The highest BCUT2D eigenvalue weighted by atomic mass is 32.2. The number of pyridine rings is 1. The maximum atomic E-state index is 12.9. The Morgan fingerprint density at radius 1 is 1.48 bits per heavy atom. The Hall–Kier alpha value is -1.82. The minimum atomic E-state index is 0.0872. The molecule has 1 unspecified atom stereocenters. The van der Waals surface area contributed by atoms with Gasteiger partial charge in [0.1, 0.15) is 10.8 Å². The molecule has 1 atom stereocenters. The molecule has 0 bridgehead atoms. The van der Waals surface area contributed by atoms with Gasteiger partial charge in [-0.05, 0) is 45.2 Å². The summed E-state index contributed by atoms with van der Waals surface area (Å²) < 4.78 is 5.08. The van der Waals surface area contributed by atoms with Crippen LogP contribution in [0.3, 0.4) is 0 Å². The molecule has 0 aromatic carbocycles. The fourth-order valence-corrected chi connectivity index (χ4v) is 3.72. The maximum Gasteiger partial charge on any atom is 0.256 e. The van der Waals surface area contributed by atoms with E-state index in [2.05, 4.69) is 17.1 Å². The van der Waals surface area contributed by atoms with Crippen LogP contribution in [0, 0.1) is 6.92 Å². The SMILES string of the molecule is Cc1cc(CSc2ncccc2C(=O)N2CCCCC2C)no1. The molecular weight excluding hydrogens is 310 g/mol. The van der Waals surface area contributed by atoms with Crippen LogP contribution in [0.4, 0.5) is 0 Å². The van der Waals surface area contributed by atoms with Crippen molar-refractivity contribution in [2.45, 2.75) is 49.9 Å². The maximum absolute atomic E-state index is 12.9. The number of rotatable bonds is 4. The minimum Gasteiger partial charge on any atom is -0.361 e. The van der Waals surface area contributed by atoms with E-state index in [0.717, 1.165) is 35.9 Å². The predicted octanol–water partition coefficient (Wildman–Crippen LogP) is 3.68. The minimum absolute atomic E-state index is 0.0872. The molecule has 2 aromatic rings. The van der Waals surface area contributed by atoms with Gasteiger partial charge >= 0.3 is 0 Å². The molecule has 0 aliphatic carbocycles. The number of aryl methyl sites for hydroxylation is 1. The molecule has 1 aliphatic heterocycles. The number of likely N-dealkylation sites (tertiary alicyclic amines) is 1. The number of carbonyl (C=O) groups excluding carboxylic acids is 1. The summed E-state index contributed by atoms with van der Waals surface area (Å²) in [4.78, 5) is 19.3. The normalized spacial score (nSPS) is 18.2. The first-order chi connectivity index (χ1) is 11.1. The smallest absolute Gasteiger partial charge is 0.256 e. The molecule has 3 heterocycles. The zero-order chi connectivity index (χ0) is 16.2. The summed E-state index contributed by atoms with van der Waals surface area (Å²) in [5.74, 6) is 1.52. The van der Waals surface area contributed by atoms with Crippen LogP contribution >= 0.6 is 11.8 Å². The first-order valence-corrected chi connectivity index (χ1v) is 8.94. The zero-order valence-corrected chi connectivity index (χ0v) is 14.3. The average molecular weight is 331 g/mol. The van der Waals surface area contributed by atoms with E-state index in [1.165, 1.54) is 18.2 Å². The molecular formula is C17H21N3O2S. The number of thioether (sulfide) groups is 1. The van der Waals surface area contributed by atoms with E-state index in [9.17, 15) is 4.79 Å². The second-order valence-corrected chi connectivity index (χ2v) is 6.88.